The second-order valence-corrected chi connectivity index (χ2v) is 7.01. The first-order chi connectivity index (χ1) is 13.5. The quantitative estimate of drug-likeness (QED) is 0.620. The van der Waals surface area contributed by atoms with E-state index in [4.69, 9.17) is 4.74 Å². The molecule has 3 aromatic rings. The van der Waals surface area contributed by atoms with Crippen molar-refractivity contribution in [2.75, 3.05) is 11.9 Å². The van der Waals surface area contributed by atoms with Gasteiger partial charge in [-0.1, -0.05) is 42.5 Å². The van der Waals surface area contributed by atoms with Crippen molar-refractivity contribution in [1.29, 1.82) is 5.26 Å². The molecule has 1 amide bonds. The smallest absolute Gasteiger partial charge is 0.348 e. The van der Waals surface area contributed by atoms with Crippen molar-refractivity contribution >= 4 is 28.2 Å². The highest BCUT2D eigenvalue weighted by Crippen LogP contribution is 2.33. The molecular formula is C22H18N2O3S. The number of rotatable bonds is 5. The van der Waals surface area contributed by atoms with E-state index in [-0.39, 0.29) is 18.1 Å². The molecule has 140 valence electrons. The minimum absolute atomic E-state index is 0.244. The highest BCUT2D eigenvalue weighted by molar-refractivity contribution is 7.18. The first-order valence-corrected chi connectivity index (χ1v) is 9.54. The van der Waals surface area contributed by atoms with E-state index in [1.807, 2.05) is 42.5 Å². The number of carbonyl (C=O) groups excluding carboxylic acids is 2. The van der Waals surface area contributed by atoms with E-state index in [0.29, 0.717) is 21.0 Å². The van der Waals surface area contributed by atoms with Gasteiger partial charge in [0, 0.05) is 5.56 Å². The number of ether oxygens (including phenoxy) is 1. The number of carbonyl (C=O) groups is 2. The number of esters is 1. The number of hydrogen-bond acceptors (Lipinski definition) is 5. The molecule has 0 radical (unpaired) electrons. The molecule has 0 aliphatic carbocycles. The van der Waals surface area contributed by atoms with E-state index in [2.05, 4.69) is 11.4 Å². The van der Waals surface area contributed by atoms with E-state index in [9.17, 15) is 14.9 Å². The minimum Gasteiger partial charge on any atom is -0.462 e. The summed E-state index contributed by atoms with van der Waals surface area (Å²) in [6.07, 6.45) is 0. The molecule has 0 aliphatic heterocycles. The van der Waals surface area contributed by atoms with Crippen LogP contribution in [0.15, 0.2) is 54.6 Å². The van der Waals surface area contributed by atoms with Gasteiger partial charge in [0.2, 0.25) is 0 Å². The Labute approximate surface area is 167 Å². The average Bonchev–Trinajstić information content (AvgIpc) is 3.04. The molecule has 28 heavy (non-hydrogen) atoms. The van der Waals surface area contributed by atoms with Crippen LogP contribution in [0.1, 0.15) is 38.1 Å². The van der Waals surface area contributed by atoms with Gasteiger partial charge in [-0.15, -0.1) is 11.3 Å². The molecule has 0 atom stereocenters. The van der Waals surface area contributed by atoms with Gasteiger partial charge in [-0.25, -0.2) is 4.79 Å². The molecule has 0 saturated heterocycles. The summed E-state index contributed by atoms with van der Waals surface area (Å²) in [5.41, 5.74) is 3.33. The molecule has 1 aromatic heterocycles. The van der Waals surface area contributed by atoms with E-state index in [1.54, 1.807) is 26.0 Å². The third kappa shape index (κ3) is 3.95. The van der Waals surface area contributed by atoms with Crippen molar-refractivity contribution in [3.8, 4) is 17.2 Å². The third-order valence-corrected chi connectivity index (χ3v) is 5.39. The third-order valence-electron chi connectivity index (χ3n) is 4.20. The van der Waals surface area contributed by atoms with Crippen LogP contribution in [0.25, 0.3) is 11.1 Å². The number of anilines is 1. The molecule has 6 heteroatoms. The minimum atomic E-state index is -0.491. The summed E-state index contributed by atoms with van der Waals surface area (Å²) in [5.74, 6) is -0.831. The molecule has 0 spiro atoms. The number of hydrogen-bond donors (Lipinski definition) is 1. The molecule has 1 N–H and O–H groups in total. The summed E-state index contributed by atoms with van der Waals surface area (Å²) in [7, 11) is 0. The van der Waals surface area contributed by atoms with Crippen molar-refractivity contribution < 1.29 is 14.3 Å². The maximum Gasteiger partial charge on any atom is 0.348 e. The van der Waals surface area contributed by atoms with Crippen molar-refractivity contribution in [2.45, 2.75) is 13.8 Å². The van der Waals surface area contributed by atoms with Crippen LogP contribution in [0.2, 0.25) is 0 Å². The molecule has 2 aromatic carbocycles. The second kappa shape index (κ2) is 8.51. The Bertz CT molecular complexity index is 1050. The number of nitriles is 1. The van der Waals surface area contributed by atoms with Gasteiger partial charge in [0.05, 0.1) is 12.2 Å². The van der Waals surface area contributed by atoms with Crippen LogP contribution in [0.3, 0.4) is 0 Å². The molecule has 0 saturated carbocycles. The molecule has 3 rings (SSSR count). The van der Waals surface area contributed by atoms with Gasteiger partial charge in [0.25, 0.3) is 5.91 Å². The van der Waals surface area contributed by atoms with Gasteiger partial charge >= 0.3 is 5.97 Å². The molecule has 0 bridgehead atoms. The zero-order valence-corrected chi connectivity index (χ0v) is 16.3. The van der Waals surface area contributed by atoms with E-state index in [0.717, 1.165) is 22.5 Å². The van der Waals surface area contributed by atoms with Crippen molar-refractivity contribution in [3.05, 3.63) is 76.2 Å². The Morgan fingerprint density at radius 1 is 1.07 bits per heavy atom. The van der Waals surface area contributed by atoms with Crippen LogP contribution >= 0.6 is 11.3 Å². The fourth-order valence-electron chi connectivity index (χ4n) is 2.75. The monoisotopic (exact) mass is 390 g/mol. The lowest BCUT2D eigenvalue weighted by Crippen LogP contribution is -2.11. The number of nitrogens with zero attached hydrogens (tertiary/aromatic N) is 1. The second-order valence-electron chi connectivity index (χ2n) is 5.99. The van der Waals surface area contributed by atoms with Crippen LogP contribution in [0.5, 0.6) is 0 Å². The van der Waals surface area contributed by atoms with Gasteiger partial charge in [-0.2, -0.15) is 5.26 Å². The van der Waals surface area contributed by atoms with Crippen molar-refractivity contribution in [2.24, 2.45) is 0 Å². The Morgan fingerprint density at radius 2 is 1.71 bits per heavy atom. The number of nitrogens with one attached hydrogen (secondary N) is 1. The average molecular weight is 390 g/mol. The summed E-state index contributed by atoms with van der Waals surface area (Å²) in [4.78, 5) is 25.0. The zero-order valence-electron chi connectivity index (χ0n) is 15.5. The van der Waals surface area contributed by atoms with Crippen molar-refractivity contribution in [3.63, 3.8) is 0 Å². The predicted octanol–water partition coefficient (Wildman–Crippen LogP) is 5.02. The first-order valence-electron chi connectivity index (χ1n) is 8.72. The molecule has 1 heterocycles. The van der Waals surface area contributed by atoms with Gasteiger partial charge in [0.15, 0.2) is 0 Å². The van der Waals surface area contributed by atoms with E-state index >= 15 is 0 Å². The Hall–Kier alpha value is -3.43. The Morgan fingerprint density at radius 3 is 2.32 bits per heavy atom. The van der Waals surface area contributed by atoms with Crippen LogP contribution in [0.4, 0.5) is 5.00 Å². The van der Waals surface area contributed by atoms with Gasteiger partial charge < -0.3 is 10.1 Å². The summed E-state index contributed by atoms with van der Waals surface area (Å²) < 4.78 is 5.02. The number of amides is 1. The van der Waals surface area contributed by atoms with Crippen LogP contribution in [-0.2, 0) is 4.74 Å². The van der Waals surface area contributed by atoms with Gasteiger partial charge in [-0.05, 0) is 42.7 Å². The summed E-state index contributed by atoms with van der Waals surface area (Å²) in [6, 6.07) is 19.1. The fourth-order valence-corrected chi connectivity index (χ4v) is 3.79. The zero-order chi connectivity index (χ0) is 20.1. The Balaban J connectivity index is 1.82. The van der Waals surface area contributed by atoms with Crippen LogP contribution < -0.4 is 5.32 Å². The summed E-state index contributed by atoms with van der Waals surface area (Å²) in [5, 5.41) is 12.5. The first kappa shape index (κ1) is 19.3. The molecular weight excluding hydrogens is 372 g/mol. The van der Waals surface area contributed by atoms with Gasteiger partial charge in [-0.3, -0.25) is 4.79 Å². The largest absolute Gasteiger partial charge is 0.462 e. The lowest BCUT2D eigenvalue weighted by Gasteiger charge is -2.05. The highest BCUT2D eigenvalue weighted by Gasteiger charge is 2.22. The molecule has 0 unspecified atom stereocenters. The lowest BCUT2D eigenvalue weighted by atomic mass is 10.0. The SMILES string of the molecule is CCOC(=O)c1sc(NC(=O)c2ccc(-c3ccccc3)cc2)c(C#N)c1C. The van der Waals surface area contributed by atoms with Crippen LogP contribution in [0, 0.1) is 18.3 Å². The topological polar surface area (TPSA) is 79.2 Å². The Kier molecular flexibility index (Phi) is 5.87. The lowest BCUT2D eigenvalue weighted by molar-refractivity contribution is 0.0531. The number of thiophene rings is 1. The normalized spacial score (nSPS) is 10.2. The van der Waals surface area contributed by atoms with Gasteiger partial charge in [0.1, 0.15) is 15.9 Å². The maximum atomic E-state index is 12.6. The molecule has 0 aliphatic rings. The molecule has 0 fully saturated rings. The maximum absolute atomic E-state index is 12.6. The summed E-state index contributed by atoms with van der Waals surface area (Å²) >= 11 is 1.05. The van der Waals surface area contributed by atoms with Crippen molar-refractivity contribution in [1.82, 2.24) is 0 Å². The predicted molar refractivity (Wildman–Crippen MR) is 110 cm³/mol. The standard InChI is InChI=1S/C22H18N2O3S/c1-3-27-22(26)19-14(2)18(13-23)21(28-19)24-20(25)17-11-9-16(10-12-17)15-7-5-4-6-8-15/h4-12H,3H2,1-2H3,(H,24,25). The fraction of sp³-hybridized carbons (Fsp3) is 0.136. The van der Waals surface area contributed by atoms with E-state index < -0.39 is 5.97 Å². The van der Waals surface area contributed by atoms with E-state index in [1.165, 1.54) is 0 Å². The summed E-state index contributed by atoms with van der Waals surface area (Å²) in [6.45, 7) is 3.63. The highest BCUT2D eigenvalue weighted by atomic mass is 32.1. The molecule has 5 nitrogen and oxygen atoms in total. The van der Waals surface area contributed by atoms with Crippen LogP contribution in [-0.4, -0.2) is 18.5 Å². The number of benzene rings is 2.